The molecule has 1 radical (unpaired) electrons. The Morgan fingerprint density at radius 1 is 0.667 bits per heavy atom. The summed E-state index contributed by atoms with van der Waals surface area (Å²) >= 11 is -1.72. The van der Waals surface area contributed by atoms with Gasteiger partial charge in [0, 0.05) is 26.3 Å². The fraction of sp³-hybridized carbons (Fsp3) is 0.209. The Morgan fingerprint density at radius 3 is 2.08 bits per heavy atom. The first-order valence-electron chi connectivity index (χ1n) is 16.5. The van der Waals surface area contributed by atoms with Gasteiger partial charge in [-0.3, -0.25) is 0 Å². The van der Waals surface area contributed by atoms with Gasteiger partial charge in [0.15, 0.2) is 0 Å². The van der Waals surface area contributed by atoms with E-state index in [4.69, 9.17) is 4.42 Å². The van der Waals surface area contributed by atoms with E-state index in [-0.39, 0.29) is 20.1 Å². The molecule has 0 saturated carbocycles. The van der Waals surface area contributed by atoms with Crippen molar-refractivity contribution < 1.29 is 24.5 Å². The minimum Gasteiger partial charge on any atom is 0 e. The number of hydrogen-bond donors (Lipinski definition) is 0. The predicted octanol–water partition coefficient (Wildman–Crippen LogP) is 11.5. The van der Waals surface area contributed by atoms with Gasteiger partial charge in [-0.2, -0.15) is 0 Å². The molecule has 0 aliphatic heterocycles. The fourth-order valence-corrected chi connectivity index (χ4v) is 7.89. The van der Waals surface area contributed by atoms with Crippen molar-refractivity contribution in [1.29, 1.82) is 0 Å². The third-order valence-corrected chi connectivity index (χ3v) is 12.9. The van der Waals surface area contributed by atoms with Crippen molar-refractivity contribution in [3.05, 3.63) is 139 Å². The second kappa shape index (κ2) is 15.2. The van der Waals surface area contributed by atoms with Gasteiger partial charge in [-0.25, -0.2) is 0 Å². The molecule has 0 bridgehead atoms. The smallest absolute Gasteiger partial charge is 0 e. The van der Waals surface area contributed by atoms with E-state index in [1.165, 1.54) is 26.6 Å². The van der Waals surface area contributed by atoms with Gasteiger partial charge < -0.3 is 9.40 Å². The quantitative estimate of drug-likeness (QED) is 0.123. The monoisotopic (exact) mass is 869 g/mol. The van der Waals surface area contributed by atoms with Gasteiger partial charge in [0.2, 0.25) is 0 Å². The van der Waals surface area contributed by atoms with Crippen molar-refractivity contribution in [3.8, 4) is 33.6 Å². The second-order valence-electron chi connectivity index (χ2n) is 13.8. The largest absolute Gasteiger partial charge is 0 e. The van der Waals surface area contributed by atoms with Gasteiger partial charge in [0.05, 0.1) is 5.58 Å². The van der Waals surface area contributed by atoms with Crippen LogP contribution in [0.2, 0.25) is 17.3 Å². The molecule has 0 amide bonds. The van der Waals surface area contributed by atoms with E-state index in [0.29, 0.717) is 11.8 Å². The van der Waals surface area contributed by atoms with Crippen LogP contribution in [0.3, 0.4) is 0 Å². The number of aromatic nitrogens is 2. The van der Waals surface area contributed by atoms with Gasteiger partial charge in [0.1, 0.15) is 5.58 Å². The molecule has 0 saturated heterocycles. The van der Waals surface area contributed by atoms with E-state index in [1.807, 2.05) is 36.7 Å². The van der Waals surface area contributed by atoms with Crippen LogP contribution in [0.25, 0.3) is 55.6 Å². The molecular weight excluding hydrogens is 825 g/mol. The Hall–Kier alpha value is -3.83. The molecule has 5 heteroatoms. The summed E-state index contributed by atoms with van der Waals surface area (Å²) < 4.78 is 7.87. The van der Waals surface area contributed by atoms with Crippen LogP contribution in [-0.2, 0) is 20.1 Å². The molecule has 0 aliphatic rings. The van der Waals surface area contributed by atoms with E-state index < -0.39 is 13.3 Å². The molecule has 245 valence electrons. The Morgan fingerprint density at radius 2 is 1.44 bits per heavy atom. The molecule has 4 aromatic carbocycles. The van der Waals surface area contributed by atoms with Crippen LogP contribution in [0.1, 0.15) is 50.7 Å². The van der Waals surface area contributed by atoms with E-state index in [2.05, 4.69) is 146 Å². The number of furan rings is 1. The molecule has 3 aromatic heterocycles. The van der Waals surface area contributed by atoms with Crippen molar-refractivity contribution in [2.24, 2.45) is 0 Å². The molecule has 48 heavy (non-hydrogen) atoms. The van der Waals surface area contributed by atoms with Crippen LogP contribution in [0, 0.1) is 12.1 Å². The van der Waals surface area contributed by atoms with Crippen LogP contribution in [-0.4, -0.2) is 23.2 Å². The SMILES string of the molecule is CC(C)c1ccnc(-c2[c-]cc3c(c2)oc2c(C(C)C)cc(-c4ccccc4)cc23)c1.[CH3][Ge]([CH3])([CH3])[c]1ccc(-c2[c-]cccc2)nc1.[Ir]. The minimum absolute atomic E-state index is 0. The van der Waals surface area contributed by atoms with Crippen molar-refractivity contribution in [2.45, 2.75) is 56.8 Å². The minimum atomic E-state index is -1.72. The number of benzene rings is 4. The van der Waals surface area contributed by atoms with Crippen molar-refractivity contribution in [2.75, 3.05) is 0 Å². The second-order valence-corrected chi connectivity index (χ2v) is 24.4. The van der Waals surface area contributed by atoms with Crippen LogP contribution in [0.5, 0.6) is 0 Å². The Balaban J connectivity index is 0.000000224. The van der Waals surface area contributed by atoms with E-state index in [0.717, 1.165) is 44.5 Å². The average Bonchev–Trinajstić information content (AvgIpc) is 3.46. The van der Waals surface area contributed by atoms with Gasteiger partial charge in [-0.15, -0.1) is 17.7 Å². The molecule has 0 unspecified atom stereocenters. The number of fused-ring (bicyclic) bond motifs is 3. The summed E-state index contributed by atoms with van der Waals surface area (Å²) in [5, 5.41) is 2.24. The third kappa shape index (κ3) is 7.89. The summed E-state index contributed by atoms with van der Waals surface area (Å²) in [5.41, 5.74) is 10.8. The molecule has 0 N–H and O–H groups in total. The summed E-state index contributed by atoms with van der Waals surface area (Å²) in [6.07, 6.45) is 3.92. The molecule has 7 aromatic rings. The molecule has 0 spiro atoms. The van der Waals surface area contributed by atoms with Crippen molar-refractivity contribution in [3.63, 3.8) is 0 Å². The van der Waals surface area contributed by atoms with Crippen LogP contribution in [0.4, 0.5) is 0 Å². The number of nitrogens with zero attached hydrogens (tertiary/aromatic N) is 2. The summed E-state index contributed by atoms with van der Waals surface area (Å²) in [7, 11) is 0. The first-order valence-corrected chi connectivity index (χ1v) is 23.8. The number of pyridine rings is 2. The summed E-state index contributed by atoms with van der Waals surface area (Å²) in [6.45, 7) is 8.83. The topological polar surface area (TPSA) is 38.9 Å². The first-order chi connectivity index (χ1) is 22.6. The summed E-state index contributed by atoms with van der Waals surface area (Å²) in [6, 6.07) is 42.4. The maximum Gasteiger partial charge on any atom is 0 e. The van der Waals surface area contributed by atoms with Crippen LogP contribution in [0.15, 0.2) is 120 Å². The zero-order valence-electron chi connectivity index (χ0n) is 28.8. The molecule has 7 rings (SSSR count). The predicted molar refractivity (Wildman–Crippen MR) is 201 cm³/mol. The van der Waals surface area contributed by atoms with E-state index in [1.54, 1.807) is 0 Å². The summed E-state index contributed by atoms with van der Waals surface area (Å²) in [4.78, 5) is 9.11. The molecule has 0 atom stereocenters. The first kappa shape index (κ1) is 35.5. The number of rotatable bonds is 6. The van der Waals surface area contributed by atoms with Crippen LogP contribution >= 0.6 is 0 Å². The maximum atomic E-state index is 6.43. The number of hydrogen-bond acceptors (Lipinski definition) is 3. The van der Waals surface area contributed by atoms with Gasteiger partial charge in [-0.1, -0.05) is 87.2 Å². The van der Waals surface area contributed by atoms with Gasteiger partial charge >= 0.3 is 99.8 Å². The Labute approximate surface area is 301 Å². The van der Waals surface area contributed by atoms with E-state index in [9.17, 15) is 0 Å². The van der Waals surface area contributed by atoms with Crippen molar-refractivity contribution in [1.82, 2.24) is 9.97 Å². The molecule has 3 heterocycles. The van der Waals surface area contributed by atoms with E-state index >= 15 is 0 Å². The summed E-state index contributed by atoms with van der Waals surface area (Å²) in [5.74, 6) is 7.96. The third-order valence-electron chi connectivity index (χ3n) is 8.60. The maximum absolute atomic E-state index is 6.43. The Bertz CT molecular complexity index is 2110. The van der Waals surface area contributed by atoms with Crippen LogP contribution < -0.4 is 4.40 Å². The van der Waals surface area contributed by atoms with Crippen molar-refractivity contribution >= 4 is 39.6 Å². The van der Waals surface area contributed by atoms with Gasteiger partial charge in [0.25, 0.3) is 0 Å². The standard InChI is InChI=1S/C29H26NO.C14H16GeN.Ir/c1-18(2)21-12-13-30-27(16-21)22-10-11-24-26-15-23(20-8-6-5-7-9-20)14-25(19(3)4)29(26)31-28(24)17-22;1-15(2,3)13-9-10-14(16-11-13)12-7-5-4-6-8-12;/h5-9,11-19H,1-4H3;4-7,9-11H,1-3H3;/q2*-1;. The zero-order chi connectivity index (χ0) is 33.1. The normalized spacial score (nSPS) is 11.4. The molecule has 0 fully saturated rings. The van der Waals surface area contributed by atoms with Gasteiger partial charge in [-0.05, 0) is 51.7 Å². The average molecular weight is 868 g/mol. The Kier molecular flexibility index (Phi) is 11.2. The molecule has 3 nitrogen and oxygen atoms in total. The molecular formula is C43H42GeIrN2O-2. The molecule has 0 aliphatic carbocycles. The fourth-order valence-electron chi connectivity index (χ4n) is 5.72. The zero-order valence-corrected chi connectivity index (χ0v) is 33.3.